The summed E-state index contributed by atoms with van der Waals surface area (Å²) in [6, 6.07) is 7.57. The highest BCUT2D eigenvalue weighted by Crippen LogP contribution is 2.36. The average molecular weight is 584 g/mol. The van der Waals surface area contributed by atoms with Crippen LogP contribution in [0.3, 0.4) is 0 Å². The molecule has 12 heteroatoms. The van der Waals surface area contributed by atoms with Crippen LogP contribution in [0.5, 0.6) is 5.88 Å². The lowest BCUT2D eigenvalue weighted by molar-refractivity contribution is -0.148. The molecule has 0 amide bonds. The molecule has 0 unspecified atom stereocenters. The number of rotatable bonds is 11. The summed E-state index contributed by atoms with van der Waals surface area (Å²) in [7, 11) is -1.36. The number of hydrogen-bond acceptors (Lipinski definition) is 5. The minimum absolute atomic E-state index is 0.0525. The van der Waals surface area contributed by atoms with E-state index in [9.17, 15) is 23.1 Å². The largest absolute Gasteiger partial charge is 0.481 e. The van der Waals surface area contributed by atoms with Crippen LogP contribution in [0.2, 0.25) is 30.7 Å². The Morgan fingerprint density at radius 1 is 1.15 bits per heavy atom. The standard InChI is InChI=1S/C27H33ClF3N3O4Si/c1-17-11-23(38-15-26(2,3)25(35)36)32-13-20(17)18-7-8-19(21(28)12-18)24-33-22(27(29,30)31)14-34(24)16-37-9-10-39(4,5)6/h7-8,11-14H,9-10,15-16H2,1-6H3,(H,35,36). The Morgan fingerprint density at radius 3 is 2.41 bits per heavy atom. The van der Waals surface area contributed by atoms with E-state index in [2.05, 4.69) is 29.6 Å². The second-order valence-electron chi connectivity index (χ2n) is 11.3. The summed E-state index contributed by atoms with van der Waals surface area (Å²) in [5.41, 5.74) is 0.483. The fraction of sp³-hybridized carbons (Fsp3) is 0.444. The summed E-state index contributed by atoms with van der Waals surface area (Å²) in [5, 5.41) is 9.48. The number of halogens is 4. The molecule has 3 rings (SSSR count). The number of hydrogen-bond donors (Lipinski definition) is 1. The van der Waals surface area contributed by atoms with E-state index in [4.69, 9.17) is 21.1 Å². The summed E-state index contributed by atoms with van der Waals surface area (Å²) in [6.07, 6.45) is -2.09. The summed E-state index contributed by atoms with van der Waals surface area (Å²) < 4.78 is 53.0. The first-order valence-electron chi connectivity index (χ1n) is 12.3. The van der Waals surface area contributed by atoms with Crippen molar-refractivity contribution in [3.8, 4) is 28.4 Å². The molecule has 0 aliphatic rings. The summed E-state index contributed by atoms with van der Waals surface area (Å²) in [6.45, 7) is 11.9. The molecular weight excluding hydrogens is 551 g/mol. The molecular formula is C27H33ClF3N3O4Si. The molecule has 2 heterocycles. The molecule has 0 spiro atoms. The molecule has 0 aliphatic heterocycles. The fourth-order valence-electron chi connectivity index (χ4n) is 3.50. The molecule has 39 heavy (non-hydrogen) atoms. The van der Waals surface area contributed by atoms with Gasteiger partial charge in [-0.05, 0) is 50.1 Å². The van der Waals surface area contributed by atoms with Gasteiger partial charge in [0.2, 0.25) is 5.88 Å². The molecule has 2 aromatic heterocycles. The van der Waals surface area contributed by atoms with E-state index in [1.807, 2.05) is 6.92 Å². The van der Waals surface area contributed by atoms with Gasteiger partial charge in [-0.1, -0.05) is 37.3 Å². The van der Waals surface area contributed by atoms with Crippen LogP contribution >= 0.6 is 11.6 Å². The summed E-state index contributed by atoms with van der Waals surface area (Å²) in [4.78, 5) is 19.4. The SMILES string of the molecule is Cc1cc(OCC(C)(C)C(=O)O)ncc1-c1ccc(-c2nc(C(F)(F)F)cn2COCC[Si](C)(C)C)c(Cl)c1. The maximum atomic E-state index is 13.5. The van der Waals surface area contributed by atoms with Gasteiger partial charge in [-0.3, -0.25) is 4.79 Å². The number of benzene rings is 1. The van der Waals surface area contributed by atoms with Crippen molar-refractivity contribution in [1.82, 2.24) is 14.5 Å². The van der Waals surface area contributed by atoms with Gasteiger partial charge in [0.15, 0.2) is 5.69 Å². The Hall–Kier alpha value is -2.89. The van der Waals surface area contributed by atoms with Gasteiger partial charge >= 0.3 is 12.1 Å². The van der Waals surface area contributed by atoms with Crippen LogP contribution < -0.4 is 4.74 Å². The van der Waals surface area contributed by atoms with Crippen LogP contribution in [-0.4, -0.2) is 46.9 Å². The Bertz CT molecular complexity index is 1340. The number of aryl methyl sites for hydroxylation is 1. The Kier molecular flexibility index (Phi) is 9.19. The van der Waals surface area contributed by atoms with Gasteiger partial charge in [-0.15, -0.1) is 0 Å². The van der Waals surface area contributed by atoms with E-state index >= 15 is 0 Å². The van der Waals surface area contributed by atoms with Crippen molar-refractivity contribution in [1.29, 1.82) is 0 Å². The molecule has 1 N–H and O–H groups in total. The molecule has 0 saturated carbocycles. The number of carboxylic acids is 1. The van der Waals surface area contributed by atoms with Gasteiger partial charge in [-0.2, -0.15) is 13.2 Å². The van der Waals surface area contributed by atoms with Crippen molar-refractivity contribution < 1.29 is 32.5 Å². The molecule has 7 nitrogen and oxygen atoms in total. The van der Waals surface area contributed by atoms with Crippen LogP contribution in [0.25, 0.3) is 22.5 Å². The van der Waals surface area contributed by atoms with Crippen molar-refractivity contribution >= 4 is 25.6 Å². The van der Waals surface area contributed by atoms with Crippen molar-refractivity contribution in [2.75, 3.05) is 13.2 Å². The van der Waals surface area contributed by atoms with Crippen LogP contribution in [0.4, 0.5) is 13.2 Å². The van der Waals surface area contributed by atoms with E-state index in [-0.39, 0.29) is 30.1 Å². The monoisotopic (exact) mass is 583 g/mol. The number of aliphatic carboxylic acids is 1. The second kappa shape index (κ2) is 11.7. The number of pyridine rings is 1. The van der Waals surface area contributed by atoms with Gasteiger partial charge in [0.05, 0.1) is 10.4 Å². The van der Waals surface area contributed by atoms with E-state index in [0.717, 1.165) is 23.4 Å². The third-order valence-electron chi connectivity index (χ3n) is 6.06. The van der Waals surface area contributed by atoms with Gasteiger partial charge in [0, 0.05) is 44.3 Å². The number of imidazole rings is 1. The molecule has 0 radical (unpaired) electrons. The number of nitrogens with zero attached hydrogens (tertiary/aromatic N) is 3. The molecule has 0 atom stereocenters. The fourth-order valence-corrected chi connectivity index (χ4v) is 4.52. The maximum Gasteiger partial charge on any atom is 0.434 e. The Labute approximate surface area is 232 Å². The highest BCUT2D eigenvalue weighted by atomic mass is 35.5. The number of aromatic nitrogens is 3. The van der Waals surface area contributed by atoms with Gasteiger partial charge < -0.3 is 19.1 Å². The number of ether oxygens (including phenoxy) is 2. The predicted molar refractivity (Wildman–Crippen MR) is 147 cm³/mol. The number of carboxylic acid groups (broad SMARTS) is 1. The topological polar surface area (TPSA) is 86.5 Å². The Balaban J connectivity index is 1.86. The molecule has 212 valence electrons. The first-order chi connectivity index (χ1) is 18.0. The number of alkyl halides is 3. The third-order valence-corrected chi connectivity index (χ3v) is 8.08. The first kappa shape index (κ1) is 30.6. The third kappa shape index (κ3) is 8.06. The predicted octanol–water partition coefficient (Wildman–Crippen LogP) is 7.39. The van der Waals surface area contributed by atoms with Crippen LogP contribution in [0.15, 0.2) is 36.7 Å². The van der Waals surface area contributed by atoms with Crippen LogP contribution in [-0.2, 0) is 22.4 Å². The van der Waals surface area contributed by atoms with Crippen LogP contribution in [0, 0.1) is 12.3 Å². The summed E-state index contributed by atoms with van der Waals surface area (Å²) in [5.74, 6) is -0.637. The van der Waals surface area contributed by atoms with Gasteiger partial charge in [-0.25, -0.2) is 9.97 Å². The zero-order chi connectivity index (χ0) is 29.2. The normalized spacial score (nSPS) is 12.6. The molecule has 0 aliphatic carbocycles. The van der Waals surface area contributed by atoms with Crippen molar-refractivity contribution in [2.24, 2.45) is 5.41 Å². The van der Waals surface area contributed by atoms with Gasteiger partial charge in [0.1, 0.15) is 19.2 Å². The molecule has 1 aromatic carbocycles. The van der Waals surface area contributed by atoms with E-state index in [1.54, 1.807) is 44.3 Å². The first-order valence-corrected chi connectivity index (χ1v) is 16.4. The quantitative estimate of drug-likeness (QED) is 0.187. The van der Waals surface area contributed by atoms with Crippen LogP contribution in [0.1, 0.15) is 25.1 Å². The molecule has 0 fully saturated rings. The zero-order valence-corrected chi connectivity index (χ0v) is 24.6. The van der Waals surface area contributed by atoms with Crippen molar-refractivity contribution in [3.05, 3.63) is 52.9 Å². The molecule has 0 bridgehead atoms. The summed E-state index contributed by atoms with van der Waals surface area (Å²) >= 11 is 6.57. The highest BCUT2D eigenvalue weighted by Gasteiger charge is 2.35. The van der Waals surface area contributed by atoms with E-state index < -0.39 is 31.3 Å². The highest BCUT2D eigenvalue weighted by molar-refractivity contribution is 6.76. The molecule has 3 aromatic rings. The molecule has 0 saturated heterocycles. The zero-order valence-electron chi connectivity index (χ0n) is 22.8. The van der Waals surface area contributed by atoms with Crippen molar-refractivity contribution in [3.63, 3.8) is 0 Å². The maximum absolute atomic E-state index is 13.5. The number of carbonyl (C=O) groups is 1. The Morgan fingerprint density at radius 2 is 1.85 bits per heavy atom. The second-order valence-corrected chi connectivity index (χ2v) is 17.3. The lowest BCUT2D eigenvalue weighted by Gasteiger charge is -2.19. The smallest absolute Gasteiger partial charge is 0.434 e. The minimum atomic E-state index is -4.61. The van der Waals surface area contributed by atoms with E-state index in [0.29, 0.717) is 17.7 Å². The lowest BCUT2D eigenvalue weighted by Crippen LogP contribution is -2.30. The van der Waals surface area contributed by atoms with E-state index in [1.165, 1.54) is 4.57 Å². The van der Waals surface area contributed by atoms with Crippen molar-refractivity contribution in [2.45, 2.75) is 59.4 Å². The average Bonchev–Trinajstić information content (AvgIpc) is 3.24. The minimum Gasteiger partial charge on any atom is -0.481 e. The van der Waals surface area contributed by atoms with Gasteiger partial charge in [0.25, 0.3) is 0 Å². The lowest BCUT2D eigenvalue weighted by atomic mass is 9.95.